The van der Waals surface area contributed by atoms with Gasteiger partial charge in [-0.2, -0.15) is 0 Å². The van der Waals surface area contributed by atoms with Crippen LogP contribution >= 0.6 is 0 Å². The molecule has 0 heterocycles. The molecule has 0 atom stereocenters. The summed E-state index contributed by atoms with van der Waals surface area (Å²) in [6.45, 7) is 5.28. The van der Waals surface area contributed by atoms with Crippen LogP contribution in [0.3, 0.4) is 0 Å². The van der Waals surface area contributed by atoms with E-state index in [-0.39, 0.29) is 18.2 Å². The number of nitrogens with one attached hydrogen (secondary N) is 1. The Balaban J connectivity index is 2.71. The zero-order chi connectivity index (χ0) is 14.3. The number of hydrogen-bond acceptors (Lipinski definition) is 3. The van der Waals surface area contributed by atoms with Gasteiger partial charge < -0.3 is 10.1 Å². The molecule has 102 valence electrons. The van der Waals surface area contributed by atoms with Gasteiger partial charge in [0, 0.05) is 6.92 Å². The van der Waals surface area contributed by atoms with Gasteiger partial charge in [0.05, 0.1) is 0 Å². The normalized spacial score (nSPS) is 11.5. The monoisotopic (exact) mass is 261 g/mol. The Labute approximate surface area is 113 Å². The van der Waals surface area contributed by atoms with Crippen molar-refractivity contribution in [2.45, 2.75) is 33.8 Å². The van der Waals surface area contributed by atoms with E-state index in [2.05, 4.69) is 5.32 Å². The first kappa shape index (κ1) is 15.0. The number of hydrogen-bond donors (Lipinski definition) is 1. The van der Waals surface area contributed by atoms with Crippen molar-refractivity contribution in [2.24, 2.45) is 0 Å². The van der Waals surface area contributed by atoms with Crippen molar-refractivity contribution in [3.63, 3.8) is 0 Å². The van der Waals surface area contributed by atoms with Crippen LogP contribution in [0.1, 0.15) is 32.8 Å². The molecular weight excluding hydrogens is 242 g/mol. The van der Waals surface area contributed by atoms with Crippen molar-refractivity contribution >= 4 is 11.9 Å². The summed E-state index contributed by atoms with van der Waals surface area (Å²) < 4.78 is 5.20. The third kappa shape index (κ3) is 4.95. The van der Waals surface area contributed by atoms with Gasteiger partial charge in [-0.05, 0) is 24.5 Å². The average Bonchev–Trinajstić information content (AvgIpc) is 2.42. The molecule has 1 amide bonds. The van der Waals surface area contributed by atoms with Crippen LogP contribution in [0.15, 0.2) is 41.6 Å². The van der Waals surface area contributed by atoms with Crippen molar-refractivity contribution in [2.75, 3.05) is 0 Å². The van der Waals surface area contributed by atoms with Crippen LogP contribution in [0, 0.1) is 0 Å². The summed E-state index contributed by atoms with van der Waals surface area (Å²) >= 11 is 0. The van der Waals surface area contributed by atoms with Gasteiger partial charge in [-0.15, -0.1) is 0 Å². The van der Waals surface area contributed by atoms with E-state index < -0.39 is 5.97 Å². The topological polar surface area (TPSA) is 55.4 Å². The first-order valence-corrected chi connectivity index (χ1v) is 6.23. The summed E-state index contributed by atoms with van der Waals surface area (Å²) in [5, 5.41) is 2.53. The van der Waals surface area contributed by atoms with Crippen molar-refractivity contribution in [3.8, 4) is 0 Å². The predicted octanol–water partition coefficient (Wildman–Crippen LogP) is 2.55. The minimum Gasteiger partial charge on any atom is -0.456 e. The Morgan fingerprint density at radius 1 is 1.16 bits per heavy atom. The number of carbonyl (C=O) groups is 2. The van der Waals surface area contributed by atoms with Crippen LogP contribution in [-0.4, -0.2) is 11.9 Å². The molecule has 1 aromatic rings. The molecule has 4 nitrogen and oxygen atoms in total. The number of carbonyl (C=O) groups excluding carboxylic acids is 2. The molecule has 0 aliphatic heterocycles. The van der Waals surface area contributed by atoms with Crippen LogP contribution in [0.5, 0.6) is 0 Å². The number of benzene rings is 1. The molecule has 0 unspecified atom stereocenters. The van der Waals surface area contributed by atoms with E-state index in [0.717, 1.165) is 11.1 Å². The van der Waals surface area contributed by atoms with Crippen LogP contribution < -0.4 is 5.32 Å². The van der Waals surface area contributed by atoms with E-state index in [1.165, 1.54) is 6.92 Å². The molecule has 0 bridgehead atoms. The number of amides is 1. The molecule has 0 saturated heterocycles. The highest BCUT2D eigenvalue weighted by molar-refractivity contribution is 5.93. The van der Waals surface area contributed by atoms with Gasteiger partial charge in [0.25, 0.3) is 0 Å². The van der Waals surface area contributed by atoms with E-state index in [1.807, 2.05) is 37.3 Å². The maximum Gasteiger partial charge on any atom is 0.355 e. The Morgan fingerprint density at radius 2 is 1.79 bits per heavy atom. The zero-order valence-electron chi connectivity index (χ0n) is 11.5. The van der Waals surface area contributed by atoms with Gasteiger partial charge >= 0.3 is 5.97 Å². The second kappa shape index (κ2) is 7.36. The lowest BCUT2D eigenvalue weighted by molar-refractivity contribution is -0.141. The van der Waals surface area contributed by atoms with Gasteiger partial charge in [-0.25, -0.2) is 4.79 Å². The highest BCUT2D eigenvalue weighted by Gasteiger charge is 2.15. The lowest BCUT2D eigenvalue weighted by Crippen LogP contribution is -2.27. The molecular formula is C15H19NO3. The smallest absolute Gasteiger partial charge is 0.355 e. The minimum atomic E-state index is -0.501. The number of allylic oxidation sites excluding steroid dienone is 1. The van der Waals surface area contributed by atoms with Gasteiger partial charge in [0.15, 0.2) is 0 Å². The molecule has 1 aromatic carbocycles. The number of ether oxygens (including phenoxy) is 1. The molecule has 19 heavy (non-hydrogen) atoms. The second-order valence-corrected chi connectivity index (χ2v) is 4.25. The fourth-order valence-corrected chi connectivity index (χ4v) is 1.48. The molecule has 0 aliphatic carbocycles. The Kier molecular flexibility index (Phi) is 5.79. The Morgan fingerprint density at radius 3 is 2.32 bits per heavy atom. The fourth-order valence-electron chi connectivity index (χ4n) is 1.48. The maximum atomic E-state index is 12.0. The van der Waals surface area contributed by atoms with Crippen molar-refractivity contribution in [1.29, 1.82) is 0 Å². The summed E-state index contributed by atoms with van der Waals surface area (Å²) in [6, 6.07) is 9.41. The second-order valence-electron chi connectivity index (χ2n) is 4.25. The Bertz CT molecular complexity index is 477. The van der Waals surface area contributed by atoms with E-state index in [4.69, 9.17) is 4.74 Å². The third-order valence-corrected chi connectivity index (χ3v) is 2.68. The molecule has 0 fully saturated rings. The van der Waals surface area contributed by atoms with E-state index in [0.29, 0.717) is 6.42 Å². The third-order valence-electron chi connectivity index (χ3n) is 2.68. The van der Waals surface area contributed by atoms with Crippen molar-refractivity contribution in [3.05, 3.63) is 47.2 Å². The Hall–Kier alpha value is -2.10. The lowest BCUT2D eigenvalue weighted by Gasteiger charge is -2.11. The van der Waals surface area contributed by atoms with Crippen LogP contribution in [0.25, 0.3) is 0 Å². The highest BCUT2D eigenvalue weighted by Crippen LogP contribution is 2.09. The van der Waals surface area contributed by atoms with E-state index in [1.54, 1.807) is 6.92 Å². The molecule has 0 radical (unpaired) electrons. The maximum absolute atomic E-state index is 12.0. The number of esters is 1. The largest absolute Gasteiger partial charge is 0.456 e. The first-order chi connectivity index (χ1) is 9.04. The fraction of sp³-hybridized carbons (Fsp3) is 0.333. The SMILES string of the molecule is CC/C(C)=C(/NC(C)=O)C(=O)OCc1ccccc1. The van der Waals surface area contributed by atoms with Gasteiger partial charge in [0.2, 0.25) is 5.91 Å². The molecule has 0 saturated carbocycles. The van der Waals surface area contributed by atoms with Gasteiger partial charge in [0.1, 0.15) is 12.3 Å². The van der Waals surface area contributed by atoms with Crippen LogP contribution in [-0.2, 0) is 20.9 Å². The molecule has 0 spiro atoms. The summed E-state index contributed by atoms with van der Waals surface area (Å²) in [5.74, 6) is -0.780. The summed E-state index contributed by atoms with van der Waals surface area (Å²) in [4.78, 5) is 23.1. The van der Waals surface area contributed by atoms with E-state index >= 15 is 0 Å². The molecule has 4 heteroatoms. The molecule has 0 aromatic heterocycles. The molecule has 0 aliphatic rings. The lowest BCUT2D eigenvalue weighted by atomic mass is 10.2. The summed E-state index contributed by atoms with van der Waals surface area (Å²) in [5.41, 5.74) is 1.95. The standard InChI is InChI=1S/C15H19NO3/c1-4-11(2)14(16-12(3)17)15(18)19-10-13-8-6-5-7-9-13/h5-9H,4,10H2,1-3H3,(H,16,17)/b14-11+. The van der Waals surface area contributed by atoms with E-state index in [9.17, 15) is 9.59 Å². The van der Waals surface area contributed by atoms with Crippen LogP contribution in [0.2, 0.25) is 0 Å². The predicted molar refractivity (Wildman–Crippen MR) is 73.0 cm³/mol. The molecule has 1 N–H and O–H groups in total. The van der Waals surface area contributed by atoms with Crippen LogP contribution in [0.4, 0.5) is 0 Å². The van der Waals surface area contributed by atoms with Gasteiger partial charge in [-0.3, -0.25) is 4.79 Å². The van der Waals surface area contributed by atoms with Crippen molar-refractivity contribution < 1.29 is 14.3 Å². The minimum absolute atomic E-state index is 0.194. The first-order valence-electron chi connectivity index (χ1n) is 6.23. The summed E-state index contributed by atoms with van der Waals surface area (Å²) in [7, 11) is 0. The van der Waals surface area contributed by atoms with Crippen molar-refractivity contribution in [1.82, 2.24) is 5.32 Å². The highest BCUT2D eigenvalue weighted by atomic mass is 16.5. The molecule has 1 rings (SSSR count). The zero-order valence-corrected chi connectivity index (χ0v) is 11.5. The quantitative estimate of drug-likeness (QED) is 0.654. The average molecular weight is 261 g/mol. The van der Waals surface area contributed by atoms with Gasteiger partial charge in [-0.1, -0.05) is 37.3 Å². The number of rotatable bonds is 5. The summed E-state index contributed by atoms with van der Waals surface area (Å²) in [6.07, 6.45) is 0.677.